The summed E-state index contributed by atoms with van der Waals surface area (Å²) in [5.41, 5.74) is -0.872. The second-order valence-electron chi connectivity index (χ2n) is 5.04. The van der Waals surface area contributed by atoms with Gasteiger partial charge in [-0.1, -0.05) is 11.6 Å². The van der Waals surface area contributed by atoms with E-state index in [0.717, 1.165) is 12.1 Å². The number of rotatable bonds is 6. The Hall–Kier alpha value is -2.53. The Balaban J connectivity index is 2.31. The fourth-order valence-corrected chi connectivity index (χ4v) is 2.47. The summed E-state index contributed by atoms with van der Waals surface area (Å²) >= 11 is 5.67. The van der Waals surface area contributed by atoms with Crippen LogP contribution in [0, 0.1) is 11.6 Å². The minimum Gasteiger partial charge on any atom is -0.454 e. The van der Waals surface area contributed by atoms with Crippen molar-refractivity contribution in [3.63, 3.8) is 0 Å². The molecule has 2 rings (SSSR count). The topological polar surface area (TPSA) is 81.7 Å². The van der Waals surface area contributed by atoms with Crippen LogP contribution in [0.2, 0.25) is 5.02 Å². The summed E-state index contributed by atoms with van der Waals surface area (Å²) in [6.45, 7) is -3.17. The maximum Gasteiger partial charge on any atom is 0.387 e. The van der Waals surface area contributed by atoms with Crippen LogP contribution in [0.3, 0.4) is 0 Å². The predicted octanol–water partition coefficient (Wildman–Crippen LogP) is 3.70. The van der Waals surface area contributed by atoms with Crippen LogP contribution in [-0.4, -0.2) is 27.2 Å². The number of carbonyl (C=O) groups excluding carboxylic acids is 1. The highest BCUT2D eigenvalue weighted by Crippen LogP contribution is 2.34. The molecule has 0 heterocycles. The van der Waals surface area contributed by atoms with E-state index in [-0.39, 0.29) is 10.8 Å². The summed E-state index contributed by atoms with van der Waals surface area (Å²) in [5.74, 6) is -5.20. The van der Waals surface area contributed by atoms with E-state index in [0.29, 0.717) is 18.4 Å². The lowest BCUT2D eigenvalue weighted by Crippen LogP contribution is -2.30. The molecule has 12 heteroatoms. The van der Waals surface area contributed by atoms with Crippen molar-refractivity contribution in [1.82, 2.24) is 4.72 Å². The van der Waals surface area contributed by atoms with Gasteiger partial charge >= 0.3 is 6.61 Å². The number of sulfonamides is 1. The van der Waals surface area contributed by atoms with E-state index in [1.54, 1.807) is 0 Å². The van der Waals surface area contributed by atoms with Gasteiger partial charge in [0.2, 0.25) is 10.0 Å². The largest absolute Gasteiger partial charge is 0.454 e. The van der Waals surface area contributed by atoms with Gasteiger partial charge in [-0.2, -0.15) is 8.78 Å². The highest BCUT2D eigenvalue weighted by Gasteiger charge is 2.20. The molecule has 0 aliphatic carbocycles. The molecule has 0 aromatic heterocycles. The molecule has 0 radical (unpaired) electrons. The molecule has 0 spiro atoms. The summed E-state index contributed by atoms with van der Waals surface area (Å²) in [6.07, 6.45) is 0.663. The fraction of sp³-hybridized carbons (Fsp3) is 0.133. The molecule has 0 aliphatic rings. The normalized spacial score (nSPS) is 11.4. The molecule has 6 nitrogen and oxygen atoms in total. The second-order valence-corrected chi connectivity index (χ2v) is 7.19. The third kappa shape index (κ3) is 5.73. The van der Waals surface area contributed by atoms with Crippen molar-refractivity contribution in [2.75, 3.05) is 6.26 Å². The Morgan fingerprint density at radius 1 is 1.11 bits per heavy atom. The lowest BCUT2D eigenvalue weighted by Gasteiger charge is -2.12. The number of nitrogens with one attached hydrogen (secondary N) is 1. The van der Waals surface area contributed by atoms with E-state index < -0.39 is 51.2 Å². The first kappa shape index (κ1) is 20.8. The third-order valence-corrected chi connectivity index (χ3v) is 3.76. The number of benzene rings is 2. The third-order valence-electron chi connectivity index (χ3n) is 2.89. The van der Waals surface area contributed by atoms with Crippen LogP contribution in [0.1, 0.15) is 10.4 Å². The molecule has 0 aliphatic heterocycles. The number of hydrogen-bond acceptors (Lipinski definition) is 5. The average Bonchev–Trinajstić information content (AvgIpc) is 2.51. The second kappa shape index (κ2) is 8.01. The maximum atomic E-state index is 14.1. The first-order valence-electron chi connectivity index (χ1n) is 6.89. The lowest BCUT2D eigenvalue weighted by atomic mass is 10.2. The van der Waals surface area contributed by atoms with E-state index in [2.05, 4.69) is 4.74 Å². The summed E-state index contributed by atoms with van der Waals surface area (Å²) in [4.78, 5) is 11.6. The predicted molar refractivity (Wildman–Crippen MR) is 86.8 cm³/mol. The van der Waals surface area contributed by atoms with Gasteiger partial charge in [0, 0.05) is 12.1 Å². The molecule has 0 saturated heterocycles. The van der Waals surface area contributed by atoms with Gasteiger partial charge in [-0.05, 0) is 18.2 Å². The molecule has 1 amide bonds. The van der Waals surface area contributed by atoms with Crippen LogP contribution in [0.4, 0.5) is 17.6 Å². The smallest absolute Gasteiger partial charge is 0.387 e. The number of halogens is 5. The van der Waals surface area contributed by atoms with E-state index in [9.17, 15) is 30.8 Å². The van der Waals surface area contributed by atoms with Gasteiger partial charge in [0.25, 0.3) is 5.91 Å². The van der Waals surface area contributed by atoms with Crippen molar-refractivity contribution in [2.24, 2.45) is 0 Å². The Kier molecular flexibility index (Phi) is 6.16. The highest BCUT2D eigenvalue weighted by atomic mass is 35.5. The maximum absolute atomic E-state index is 14.1. The van der Waals surface area contributed by atoms with Gasteiger partial charge in [-0.15, -0.1) is 0 Å². The van der Waals surface area contributed by atoms with E-state index in [1.807, 2.05) is 0 Å². The highest BCUT2D eigenvalue weighted by molar-refractivity contribution is 7.89. The van der Waals surface area contributed by atoms with Crippen molar-refractivity contribution < 1.29 is 40.2 Å². The van der Waals surface area contributed by atoms with Crippen molar-refractivity contribution in [3.8, 4) is 17.2 Å². The van der Waals surface area contributed by atoms with Crippen LogP contribution in [0.5, 0.6) is 17.2 Å². The first-order valence-corrected chi connectivity index (χ1v) is 9.16. The Morgan fingerprint density at radius 2 is 1.78 bits per heavy atom. The summed E-state index contributed by atoms with van der Waals surface area (Å²) < 4.78 is 85.4. The molecule has 27 heavy (non-hydrogen) atoms. The Bertz CT molecular complexity index is 984. The van der Waals surface area contributed by atoms with Gasteiger partial charge in [-0.3, -0.25) is 4.79 Å². The average molecular weight is 428 g/mol. The number of hydrogen-bond donors (Lipinski definition) is 1. The van der Waals surface area contributed by atoms with Gasteiger partial charge in [0.1, 0.15) is 17.3 Å². The lowest BCUT2D eigenvalue weighted by molar-refractivity contribution is -0.0498. The van der Waals surface area contributed by atoms with Crippen molar-refractivity contribution in [3.05, 3.63) is 52.6 Å². The molecular weight excluding hydrogens is 418 g/mol. The summed E-state index contributed by atoms with van der Waals surface area (Å²) in [5, 5.41) is -0.165. The van der Waals surface area contributed by atoms with E-state index in [1.165, 1.54) is 10.8 Å². The van der Waals surface area contributed by atoms with Gasteiger partial charge < -0.3 is 9.47 Å². The zero-order valence-electron chi connectivity index (χ0n) is 13.3. The quantitative estimate of drug-likeness (QED) is 0.711. The van der Waals surface area contributed by atoms with Crippen molar-refractivity contribution in [1.29, 1.82) is 0 Å². The van der Waals surface area contributed by atoms with Gasteiger partial charge in [-0.25, -0.2) is 21.9 Å². The molecule has 146 valence electrons. The molecule has 2 aromatic carbocycles. The number of alkyl halides is 2. The number of ether oxygens (including phenoxy) is 2. The minimum atomic E-state index is -3.99. The van der Waals surface area contributed by atoms with Crippen LogP contribution in [-0.2, 0) is 10.0 Å². The molecular formula is C15H10ClF4NO5S. The van der Waals surface area contributed by atoms with E-state index >= 15 is 0 Å². The van der Waals surface area contributed by atoms with Crippen LogP contribution in [0.25, 0.3) is 0 Å². The zero-order valence-corrected chi connectivity index (χ0v) is 14.9. The van der Waals surface area contributed by atoms with Crippen LogP contribution < -0.4 is 14.2 Å². The standard InChI is InChI=1S/C15H10ClF4NO5S/c1-27(23,24)21-14(22)8-5-11(18)13(6-10(8)17)25-7-2-3-9(16)12(4-7)26-15(19)20/h2-6,15H,1H3,(H,21,22). The Morgan fingerprint density at radius 3 is 2.37 bits per heavy atom. The molecule has 0 saturated carbocycles. The van der Waals surface area contributed by atoms with Gasteiger partial charge in [0.05, 0.1) is 16.8 Å². The van der Waals surface area contributed by atoms with E-state index in [4.69, 9.17) is 16.3 Å². The number of carbonyl (C=O) groups is 1. The first-order chi connectivity index (χ1) is 12.5. The zero-order chi connectivity index (χ0) is 20.4. The Labute approximate surface area is 155 Å². The molecule has 0 unspecified atom stereocenters. The van der Waals surface area contributed by atoms with Crippen molar-refractivity contribution in [2.45, 2.75) is 6.61 Å². The molecule has 0 bridgehead atoms. The fourth-order valence-electron chi connectivity index (χ4n) is 1.86. The minimum absolute atomic E-state index is 0.165. The van der Waals surface area contributed by atoms with Crippen LogP contribution in [0.15, 0.2) is 30.3 Å². The molecule has 0 fully saturated rings. The monoisotopic (exact) mass is 427 g/mol. The summed E-state index contributed by atoms with van der Waals surface area (Å²) in [6, 6.07) is 4.17. The molecule has 1 N–H and O–H groups in total. The van der Waals surface area contributed by atoms with Gasteiger partial charge in [0.15, 0.2) is 11.6 Å². The summed E-state index contributed by atoms with van der Waals surface area (Å²) in [7, 11) is -3.99. The van der Waals surface area contributed by atoms with Crippen molar-refractivity contribution >= 4 is 27.5 Å². The molecule has 0 atom stereocenters. The SMILES string of the molecule is CS(=O)(=O)NC(=O)c1cc(F)c(Oc2ccc(Cl)c(OC(F)F)c2)cc1F. The number of amides is 1. The molecule has 2 aromatic rings. The van der Waals surface area contributed by atoms with Crippen LogP contribution >= 0.6 is 11.6 Å².